The van der Waals surface area contributed by atoms with E-state index in [9.17, 15) is 4.79 Å². The van der Waals surface area contributed by atoms with E-state index in [1.807, 2.05) is 37.3 Å². The van der Waals surface area contributed by atoms with E-state index < -0.39 is 0 Å². The quantitative estimate of drug-likeness (QED) is 0.765. The highest BCUT2D eigenvalue weighted by Gasteiger charge is 2.18. The molecule has 1 N–H and O–H groups in total. The first-order valence-electron chi connectivity index (χ1n) is 10.1. The molecular weight excluding hydrogens is 354 g/mol. The fraction of sp³-hybridized carbons (Fsp3) is 0.435. The van der Waals surface area contributed by atoms with Crippen molar-refractivity contribution in [3.8, 4) is 17.2 Å². The van der Waals surface area contributed by atoms with E-state index in [1.165, 1.54) is 12.8 Å². The number of nitrogens with one attached hydrogen (secondary N) is 1. The Morgan fingerprint density at radius 3 is 2.82 bits per heavy atom. The molecular formula is C23H27NO4. The summed E-state index contributed by atoms with van der Waals surface area (Å²) in [5.41, 5.74) is 2.13. The molecule has 1 aliphatic heterocycles. The van der Waals surface area contributed by atoms with Crippen LogP contribution in [0, 0.1) is 0 Å². The molecule has 28 heavy (non-hydrogen) atoms. The highest BCUT2D eigenvalue weighted by Crippen LogP contribution is 2.34. The van der Waals surface area contributed by atoms with Crippen molar-refractivity contribution in [2.45, 2.75) is 57.6 Å². The minimum absolute atomic E-state index is 0.0345. The second-order valence-corrected chi connectivity index (χ2v) is 7.57. The smallest absolute Gasteiger partial charge is 0.231 e. The Bertz CT molecular complexity index is 829. The van der Waals surface area contributed by atoms with Gasteiger partial charge in [-0.25, -0.2) is 0 Å². The maximum Gasteiger partial charge on any atom is 0.231 e. The van der Waals surface area contributed by atoms with Crippen molar-refractivity contribution in [1.29, 1.82) is 0 Å². The lowest BCUT2D eigenvalue weighted by molar-refractivity contribution is -0.121. The maximum atomic E-state index is 12.4. The van der Waals surface area contributed by atoms with Gasteiger partial charge in [0.25, 0.3) is 0 Å². The van der Waals surface area contributed by atoms with Crippen molar-refractivity contribution >= 4 is 5.91 Å². The van der Waals surface area contributed by atoms with Crippen molar-refractivity contribution < 1.29 is 19.0 Å². The van der Waals surface area contributed by atoms with Crippen LogP contribution in [0.2, 0.25) is 0 Å². The molecule has 5 heteroatoms. The van der Waals surface area contributed by atoms with Crippen molar-refractivity contribution in [1.82, 2.24) is 5.32 Å². The van der Waals surface area contributed by atoms with Crippen LogP contribution in [0.15, 0.2) is 42.5 Å². The van der Waals surface area contributed by atoms with E-state index in [2.05, 4.69) is 17.4 Å². The molecule has 0 aromatic heterocycles. The van der Waals surface area contributed by atoms with Crippen molar-refractivity contribution in [3.05, 3.63) is 53.6 Å². The summed E-state index contributed by atoms with van der Waals surface area (Å²) in [4.78, 5) is 12.4. The highest BCUT2D eigenvalue weighted by atomic mass is 16.7. The first-order chi connectivity index (χ1) is 13.7. The Labute approximate surface area is 166 Å². The summed E-state index contributed by atoms with van der Waals surface area (Å²) in [6.45, 7) is 2.23. The highest BCUT2D eigenvalue weighted by molar-refractivity contribution is 5.76. The van der Waals surface area contributed by atoms with Crippen LogP contribution in [-0.4, -0.2) is 18.8 Å². The van der Waals surface area contributed by atoms with E-state index in [-0.39, 0.29) is 18.7 Å². The maximum absolute atomic E-state index is 12.4. The zero-order valence-corrected chi connectivity index (χ0v) is 16.3. The molecule has 0 saturated heterocycles. The molecule has 1 saturated carbocycles. The summed E-state index contributed by atoms with van der Waals surface area (Å²) in [6, 6.07) is 13.8. The molecule has 0 bridgehead atoms. The van der Waals surface area contributed by atoms with Gasteiger partial charge in [-0.2, -0.15) is 0 Å². The lowest BCUT2D eigenvalue weighted by Gasteiger charge is -2.15. The summed E-state index contributed by atoms with van der Waals surface area (Å²) in [5, 5.41) is 3.06. The molecule has 1 amide bonds. The SMILES string of the molecule is CC(NC(=O)CCc1cccc(OC2CCCC2)c1)c1ccc2c(c1)OCO2. The van der Waals surface area contributed by atoms with Crippen LogP contribution in [0.5, 0.6) is 17.2 Å². The minimum Gasteiger partial charge on any atom is -0.490 e. The Balaban J connectivity index is 1.28. The predicted octanol–water partition coefficient (Wildman–Crippen LogP) is 4.55. The number of carbonyl (C=O) groups excluding carboxylic acids is 1. The Kier molecular flexibility index (Phi) is 5.70. The second kappa shape index (κ2) is 8.55. The average molecular weight is 381 g/mol. The van der Waals surface area contributed by atoms with Crippen LogP contribution < -0.4 is 19.5 Å². The predicted molar refractivity (Wildman–Crippen MR) is 107 cm³/mol. The number of benzene rings is 2. The van der Waals surface area contributed by atoms with Gasteiger partial charge in [-0.15, -0.1) is 0 Å². The van der Waals surface area contributed by atoms with Crippen LogP contribution >= 0.6 is 0 Å². The molecule has 4 rings (SSSR count). The van der Waals surface area contributed by atoms with Gasteiger partial charge in [0.15, 0.2) is 11.5 Å². The van der Waals surface area contributed by atoms with Crippen LogP contribution in [0.3, 0.4) is 0 Å². The van der Waals surface area contributed by atoms with Crippen LogP contribution in [0.25, 0.3) is 0 Å². The summed E-state index contributed by atoms with van der Waals surface area (Å²) in [7, 11) is 0. The van der Waals surface area contributed by atoms with Crippen molar-refractivity contribution in [2.75, 3.05) is 6.79 Å². The van der Waals surface area contributed by atoms with Gasteiger partial charge in [0, 0.05) is 6.42 Å². The zero-order valence-electron chi connectivity index (χ0n) is 16.3. The number of hydrogen-bond acceptors (Lipinski definition) is 4. The molecule has 2 aromatic carbocycles. The molecule has 1 unspecified atom stereocenters. The van der Waals surface area contributed by atoms with Gasteiger partial charge < -0.3 is 19.5 Å². The topological polar surface area (TPSA) is 56.8 Å². The summed E-state index contributed by atoms with van der Waals surface area (Å²) in [5.74, 6) is 2.44. The number of carbonyl (C=O) groups is 1. The Morgan fingerprint density at radius 1 is 1.14 bits per heavy atom. The molecule has 2 aliphatic rings. The summed E-state index contributed by atoms with van der Waals surface area (Å²) in [6.07, 6.45) is 6.29. The van der Waals surface area contributed by atoms with E-state index in [0.717, 1.165) is 41.2 Å². The monoisotopic (exact) mass is 381 g/mol. The number of amides is 1. The largest absolute Gasteiger partial charge is 0.490 e. The van der Waals surface area contributed by atoms with Gasteiger partial charge in [0.2, 0.25) is 12.7 Å². The Hall–Kier alpha value is -2.69. The van der Waals surface area contributed by atoms with E-state index in [0.29, 0.717) is 18.9 Å². The molecule has 5 nitrogen and oxygen atoms in total. The van der Waals surface area contributed by atoms with Gasteiger partial charge in [-0.1, -0.05) is 18.2 Å². The molecule has 0 radical (unpaired) electrons. The fourth-order valence-electron chi connectivity index (χ4n) is 3.81. The third kappa shape index (κ3) is 4.58. The van der Waals surface area contributed by atoms with Crippen LogP contribution in [-0.2, 0) is 11.2 Å². The molecule has 1 heterocycles. The van der Waals surface area contributed by atoms with E-state index in [4.69, 9.17) is 14.2 Å². The summed E-state index contributed by atoms with van der Waals surface area (Å²) >= 11 is 0. The minimum atomic E-state index is -0.0842. The normalized spacial score (nSPS) is 16.8. The fourth-order valence-corrected chi connectivity index (χ4v) is 3.81. The lowest BCUT2D eigenvalue weighted by Crippen LogP contribution is -2.26. The standard InChI is InChI=1S/C23H27NO4/c1-16(18-10-11-21-22(14-18)27-15-26-21)24-23(25)12-9-17-5-4-8-20(13-17)28-19-6-2-3-7-19/h4-5,8,10-11,13-14,16,19H,2-3,6-7,9,12,15H2,1H3,(H,24,25). The summed E-state index contributed by atoms with van der Waals surface area (Å²) < 4.78 is 16.8. The molecule has 0 spiro atoms. The lowest BCUT2D eigenvalue weighted by atomic mass is 10.1. The van der Waals surface area contributed by atoms with E-state index >= 15 is 0 Å². The number of rotatable bonds is 7. The van der Waals surface area contributed by atoms with Crippen molar-refractivity contribution in [2.24, 2.45) is 0 Å². The van der Waals surface area contributed by atoms with Gasteiger partial charge in [-0.3, -0.25) is 4.79 Å². The van der Waals surface area contributed by atoms with Crippen molar-refractivity contribution in [3.63, 3.8) is 0 Å². The van der Waals surface area contributed by atoms with Gasteiger partial charge in [0.1, 0.15) is 5.75 Å². The Morgan fingerprint density at radius 2 is 1.96 bits per heavy atom. The molecule has 1 aliphatic carbocycles. The van der Waals surface area contributed by atoms with Gasteiger partial charge in [-0.05, 0) is 74.4 Å². The second-order valence-electron chi connectivity index (χ2n) is 7.57. The molecule has 1 fully saturated rings. The first kappa shape index (κ1) is 18.7. The van der Waals surface area contributed by atoms with Gasteiger partial charge in [0.05, 0.1) is 12.1 Å². The number of aryl methyl sites for hydroxylation is 1. The number of fused-ring (bicyclic) bond motifs is 1. The zero-order chi connectivity index (χ0) is 19.3. The third-order valence-corrected chi connectivity index (χ3v) is 5.42. The first-order valence-corrected chi connectivity index (χ1v) is 10.1. The number of ether oxygens (including phenoxy) is 3. The third-order valence-electron chi connectivity index (χ3n) is 5.42. The van der Waals surface area contributed by atoms with Crippen LogP contribution in [0.1, 0.15) is 56.2 Å². The van der Waals surface area contributed by atoms with Gasteiger partial charge >= 0.3 is 0 Å². The molecule has 1 atom stereocenters. The average Bonchev–Trinajstić information content (AvgIpc) is 3.37. The van der Waals surface area contributed by atoms with E-state index in [1.54, 1.807) is 0 Å². The number of hydrogen-bond donors (Lipinski definition) is 1. The van der Waals surface area contributed by atoms with Crippen LogP contribution in [0.4, 0.5) is 0 Å². The molecule has 148 valence electrons. The molecule has 2 aromatic rings.